The normalized spacial score (nSPS) is 11.3. The van der Waals surface area contributed by atoms with Crippen LogP contribution in [0.15, 0.2) is 24.3 Å². The predicted molar refractivity (Wildman–Crippen MR) is 131 cm³/mol. The second-order valence-corrected chi connectivity index (χ2v) is 7.30. The molecular formula is C22H34ClN7O2. The first-order chi connectivity index (χ1) is 14.8. The molecule has 0 aliphatic carbocycles. The number of amides is 2. The van der Waals surface area contributed by atoms with Crippen LogP contribution in [0.25, 0.3) is 0 Å². The molecule has 0 unspecified atom stereocenters. The lowest BCUT2D eigenvalue weighted by molar-refractivity contribution is -0.122. The Kier molecular flexibility index (Phi) is 10.9. The number of nitrogens with zero attached hydrogens (tertiary/aromatic N) is 3. The molecule has 0 saturated heterocycles. The fourth-order valence-corrected chi connectivity index (χ4v) is 2.97. The highest BCUT2D eigenvalue weighted by atomic mass is 35.5. The van der Waals surface area contributed by atoms with Gasteiger partial charge in [0.1, 0.15) is 0 Å². The summed E-state index contributed by atoms with van der Waals surface area (Å²) in [6, 6.07) is 7.49. The lowest BCUT2D eigenvalue weighted by Gasteiger charge is -2.21. The Morgan fingerprint density at radius 2 is 1.94 bits per heavy atom. The van der Waals surface area contributed by atoms with Crippen LogP contribution in [-0.2, 0) is 17.6 Å². The van der Waals surface area contributed by atoms with Gasteiger partial charge in [-0.25, -0.2) is 9.97 Å². The summed E-state index contributed by atoms with van der Waals surface area (Å²) in [7, 11) is 3.68. The second-order valence-electron chi connectivity index (χ2n) is 7.30. The van der Waals surface area contributed by atoms with Crippen LogP contribution in [0.3, 0.4) is 0 Å². The number of halogens is 1. The monoisotopic (exact) mass is 463 g/mol. The minimum Gasteiger partial charge on any atom is -0.364 e. The summed E-state index contributed by atoms with van der Waals surface area (Å²) in [5.41, 5.74) is 8.21. The fraction of sp³-hybridized carbons (Fsp3) is 0.455. The van der Waals surface area contributed by atoms with Crippen molar-refractivity contribution in [2.45, 2.75) is 39.7 Å². The molecule has 9 nitrogen and oxygen atoms in total. The maximum atomic E-state index is 12.0. The highest BCUT2D eigenvalue weighted by molar-refractivity contribution is 5.96. The molecule has 32 heavy (non-hydrogen) atoms. The molecule has 1 aromatic carbocycles. The van der Waals surface area contributed by atoms with Gasteiger partial charge in [-0.3, -0.25) is 9.59 Å². The van der Waals surface area contributed by atoms with Crippen LogP contribution >= 0.6 is 12.4 Å². The third-order valence-corrected chi connectivity index (χ3v) is 5.08. The van der Waals surface area contributed by atoms with Crippen molar-refractivity contribution in [1.29, 1.82) is 0 Å². The number of nitrogens with one attached hydrogen (secondary N) is 3. The molecule has 1 atom stereocenters. The zero-order valence-electron chi connectivity index (χ0n) is 19.4. The number of carbonyl (C=O) groups is 2. The van der Waals surface area contributed by atoms with E-state index in [1.165, 1.54) is 0 Å². The third kappa shape index (κ3) is 7.06. The number of anilines is 3. The van der Waals surface area contributed by atoms with Crippen LogP contribution < -0.4 is 26.6 Å². The highest BCUT2D eigenvalue weighted by Gasteiger charge is 2.19. The molecule has 1 heterocycles. The van der Waals surface area contributed by atoms with Gasteiger partial charge in [0.2, 0.25) is 5.91 Å². The van der Waals surface area contributed by atoms with E-state index in [1.807, 2.05) is 57.0 Å². The van der Waals surface area contributed by atoms with Gasteiger partial charge in [-0.2, -0.15) is 0 Å². The predicted octanol–water partition coefficient (Wildman–Crippen LogP) is 2.03. The van der Waals surface area contributed by atoms with Crippen LogP contribution in [0, 0.1) is 0 Å². The zero-order valence-corrected chi connectivity index (χ0v) is 20.2. The van der Waals surface area contributed by atoms with Crippen LogP contribution in [-0.4, -0.2) is 55.0 Å². The van der Waals surface area contributed by atoms with Gasteiger partial charge >= 0.3 is 0 Å². The lowest BCUT2D eigenvalue weighted by atomic mass is 10.1. The quantitative estimate of drug-likeness (QED) is 0.401. The Balaban J connectivity index is 0.00000512. The molecule has 0 bridgehead atoms. The van der Waals surface area contributed by atoms with Gasteiger partial charge < -0.3 is 26.6 Å². The molecule has 2 aromatic rings. The Morgan fingerprint density at radius 1 is 1.22 bits per heavy atom. The average molecular weight is 464 g/mol. The lowest BCUT2D eigenvalue weighted by Crippen LogP contribution is -2.41. The summed E-state index contributed by atoms with van der Waals surface area (Å²) in [5.74, 6) is 0.373. The number of hydrogen-bond donors (Lipinski definition) is 4. The highest BCUT2D eigenvalue weighted by Crippen LogP contribution is 2.24. The van der Waals surface area contributed by atoms with Gasteiger partial charge in [0.05, 0.1) is 11.7 Å². The summed E-state index contributed by atoms with van der Waals surface area (Å²) in [6.07, 6.45) is 1.31. The molecule has 0 aliphatic heterocycles. The van der Waals surface area contributed by atoms with E-state index in [1.54, 1.807) is 7.05 Å². The van der Waals surface area contributed by atoms with E-state index in [-0.39, 0.29) is 30.0 Å². The van der Waals surface area contributed by atoms with Gasteiger partial charge in [0.25, 0.3) is 5.91 Å². The Labute approximate surface area is 196 Å². The zero-order chi connectivity index (χ0) is 23.0. The maximum Gasteiger partial charge on any atom is 0.271 e. The minimum absolute atomic E-state index is 0. The van der Waals surface area contributed by atoms with Crippen LogP contribution in [0.4, 0.5) is 17.3 Å². The van der Waals surface area contributed by atoms with Crippen molar-refractivity contribution < 1.29 is 9.59 Å². The van der Waals surface area contributed by atoms with Crippen molar-refractivity contribution in [2.75, 3.05) is 37.4 Å². The largest absolute Gasteiger partial charge is 0.364 e. The number of likely N-dealkylation sites (N-methyl/N-ethyl adjacent to an activating group) is 1. The number of nitrogens with two attached hydrogens (primary N) is 1. The van der Waals surface area contributed by atoms with Crippen molar-refractivity contribution in [3.8, 4) is 0 Å². The van der Waals surface area contributed by atoms with E-state index >= 15 is 0 Å². The molecule has 0 saturated carbocycles. The number of aryl methyl sites for hydroxylation is 1. The molecule has 176 valence electrons. The first-order valence-electron chi connectivity index (χ1n) is 10.5. The first-order valence-corrected chi connectivity index (χ1v) is 10.5. The van der Waals surface area contributed by atoms with Gasteiger partial charge in [0, 0.05) is 25.8 Å². The van der Waals surface area contributed by atoms with Crippen molar-refractivity contribution in [3.05, 3.63) is 41.2 Å². The van der Waals surface area contributed by atoms with Gasteiger partial charge in [0.15, 0.2) is 17.3 Å². The molecule has 0 radical (unpaired) electrons. The molecule has 0 aliphatic rings. The first kappa shape index (κ1) is 27.1. The maximum absolute atomic E-state index is 12.0. The third-order valence-electron chi connectivity index (χ3n) is 5.08. The van der Waals surface area contributed by atoms with E-state index in [9.17, 15) is 9.59 Å². The van der Waals surface area contributed by atoms with Crippen molar-refractivity contribution in [1.82, 2.24) is 20.6 Å². The Hall–Kier alpha value is -2.91. The molecule has 0 fully saturated rings. The summed E-state index contributed by atoms with van der Waals surface area (Å²) >= 11 is 0. The van der Waals surface area contributed by atoms with Gasteiger partial charge in [-0.1, -0.05) is 19.1 Å². The summed E-state index contributed by atoms with van der Waals surface area (Å²) < 4.78 is 0. The topological polar surface area (TPSA) is 125 Å². The molecule has 2 amide bonds. The van der Waals surface area contributed by atoms with E-state index in [0.29, 0.717) is 25.2 Å². The summed E-state index contributed by atoms with van der Waals surface area (Å²) in [6.45, 7) is 7.08. The smallest absolute Gasteiger partial charge is 0.271 e. The summed E-state index contributed by atoms with van der Waals surface area (Å²) in [4.78, 5) is 35.0. The molecule has 5 N–H and O–H groups in total. The molecule has 1 aromatic heterocycles. The summed E-state index contributed by atoms with van der Waals surface area (Å²) in [5, 5.41) is 9.01. The van der Waals surface area contributed by atoms with Crippen molar-refractivity contribution >= 4 is 41.5 Å². The standard InChI is InChI=1S/C22H33N7O2.ClH/c1-6-17-21(29(5)7-2)28-20(18(27-17)19(23)30)26-16-10-8-9-15(13-16)11-12-25-22(31)14(3)24-4;/h8-10,13-14,24H,6-7,11-12H2,1-5H3,(H2,23,30)(H,25,31)(H,26,28);1H/t14-;/m0./s1. The van der Waals surface area contributed by atoms with Crippen molar-refractivity contribution in [3.63, 3.8) is 0 Å². The average Bonchev–Trinajstić information content (AvgIpc) is 2.77. The fourth-order valence-electron chi connectivity index (χ4n) is 2.97. The van der Waals surface area contributed by atoms with Gasteiger partial charge in [-0.15, -0.1) is 12.4 Å². The molecule has 10 heteroatoms. The molecule has 0 spiro atoms. The van der Waals surface area contributed by atoms with Crippen molar-refractivity contribution in [2.24, 2.45) is 5.73 Å². The Morgan fingerprint density at radius 3 is 2.53 bits per heavy atom. The van der Waals surface area contributed by atoms with Crippen LogP contribution in [0.2, 0.25) is 0 Å². The number of benzene rings is 1. The minimum atomic E-state index is -0.632. The van der Waals surface area contributed by atoms with Crippen LogP contribution in [0.5, 0.6) is 0 Å². The van der Waals surface area contributed by atoms with E-state index in [4.69, 9.17) is 5.73 Å². The van der Waals surface area contributed by atoms with Gasteiger partial charge in [-0.05, 0) is 51.4 Å². The van der Waals surface area contributed by atoms with Crippen LogP contribution in [0.1, 0.15) is 42.5 Å². The van der Waals surface area contributed by atoms with E-state index in [2.05, 4.69) is 25.9 Å². The van der Waals surface area contributed by atoms with E-state index < -0.39 is 5.91 Å². The second kappa shape index (κ2) is 12.8. The number of carbonyl (C=O) groups excluding carboxylic acids is 2. The number of primary amides is 1. The number of aromatic nitrogens is 2. The number of rotatable bonds is 11. The molecular weight excluding hydrogens is 430 g/mol. The Bertz CT molecular complexity index is 923. The SMILES string of the molecule is CCc1nc(C(N)=O)c(Nc2cccc(CCNC(=O)[C@H](C)NC)c2)nc1N(C)CC.Cl. The van der Waals surface area contributed by atoms with E-state index in [0.717, 1.165) is 29.3 Å². The number of hydrogen-bond acceptors (Lipinski definition) is 7. The molecule has 2 rings (SSSR count).